The molecule has 1 amide bonds. The van der Waals surface area contributed by atoms with E-state index in [1.54, 1.807) is 11.3 Å². The van der Waals surface area contributed by atoms with Gasteiger partial charge in [0, 0.05) is 23.6 Å². The van der Waals surface area contributed by atoms with Gasteiger partial charge < -0.3 is 9.84 Å². The Morgan fingerprint density at radius 2 is 2.25 bits per heavy atom. The van der Waals surface area contributed by atoms with Crippen LogP contribution in [-0.4, -0.2) is 16.0 Å². The van der Waals surface area contributed by atoms with E-state index in [1.165, 1.54) is 0 Å². The molecular formula is C14H19N3O2S. The fraction of sp³-hybridized carbons (Fsp3) is 0.500. The highest BCUT2D eigenvalue weighted by molar-refractivity contribution is 7.10. The summed E-state index contributed by atoms with van der Waals surface area (Å²) in [5.41, 5.74) is 0. The molecule has 20 heavy (non-hydrogen) atoms. The molecule has 2 heterocycles. The van der Waals surface area contributed by atoms with Crippen LogP contribution < -0.4 is 5.32 Å². The summed E-state index contributed by atoms with van der Waals surface area (Å²) in [6.45, 7) is 5.99. The molecule has 0 bridgehead atoms. The number of aryl methyl sites for hydroxylation is 1. The van der Waals surface area contributed by atoms with Crippen molar-refractivity contribution >= 4 is 17.2 Å². The molecule has 0 aliphatic heterocycles. The lowest BCUT2D eigenvalue weighted by molar-refractivity contribution is -0.121. The van der Waals surface area contributed by atoms with Crippen molar-refractivity contribution < 1.29 is 9.32 Å². The lowest BCUT2D eigenvalue weighted by atomic mass is 10.2. The molecule has 2 aromatic rings. The summed E-state index contributed by atoms with van der Waals surface area (Å²) in [4.78, 5) is 17.3. The number of amides is 1. The average molecular weight is 293 g/mol. The van der Waals surface area contributed by atoms with Crippen molar-refractivity contribution in [3.8, 4) is 0 Å². The van der Waals surface area contributed by atoms with E-state index in [1.807, 2.05) is 38.3 Å². The van der Waals surface area contributed by atoms with Gasteiger partial charge in [-0.05, 0) is 18.4 Å². The first-order chi connectivity index (χ1) is 9.56. The number of nitrogens with one attached hydrogen (secondary N) is 1. The van der Waals surface area contributed by atoms with Crippen LogP contribution in [0.25, 0.3) is 0 Å². The molecule has 6 heteroatoms. The first-order valence-electron chi connectivity index (χ1n) is 6.71. The summed E-state index contributed by atoms with van der Waals surface area (Å²) < 4.78 is 5.11. The third kappa shape index (κ3) is 3.90. The summed E-state index contributed by atoms with van der Waals surface area (Å²) in [5.74, 6) is 1.44. The minimum atomic E-state index is -0.00445. The third-order valence-electron chi connectivity index (χ3n) is 2.91. The number of carbonyl (C=O) groups excluding carboxylic acids is 1. The Morgan fingerprint density at radius 1 is 1.45 bits per heavy atom. The van der Waals surface area contributed by atoms with E-state index in [0.29, 0.717) is 24.6 Å². The molecule has 0 aromatic carbocycles. The molecule has 0 spiro atoms. The SMILES string of the molecule is CC(C)c1noc(CCC(=O)N[C@H](C)c2cccs2)n1. The molecule has 0 radical (unpaired) electrons. The predicted octanol–water partition coefficient (Wildman–Crippen LogP) is 3.06. The van der Waals surface area contributed by atoms with E-state index < -0.39 is 0 Å². The summed E-state index contributed by atoms with van der Waals surface area (Å²) in [6.07, 6.45) is 0.832. The Hall–Kier alpha value is -1.69. The zero-order chi connectivity index (χ0) is 14.5. The highest BCUT2D eigenvalue weighted by atomic mass is 32.1. The van der Waals surface area contributed by atoms with Crippen molar-refractivity contribution in [2.24, 2.45) is 0 Å². The van der Waals surface area contributed by atoms with Crippen LogP contribution >= 0.6 is 11.3 Å². The normalized spacial score (nSPS) is 12.6. The molecule has 1 atom stereocenters. The number of hydrogen-bond acceptors (Lipinski definition) is 5. The van der Waals surface area contributed by atoms with Gasteiger partial charge in [0.25, 0.3) is 0 Å². The Balaban J connectivity index is 1.80. The number of aromatic nitrogens is 2. The van der Waals surface area contributed by atoms with Crippen molar-refractivity contribution in [1.29, 1.82) is 0 Å². The van der Waals surface area contributed by atoms with Gasteiger partial charge in [-0.2, -0.15) is 4.98 Å². The maximum atomic E-state index is 11.9. The third-order valence-corrected chi connectivity index (χ3v) is 3.97. The quantitative estimate of drug-likeness (QED) is 0.888. The van der Waals surface area contributed by atoms with Crippen molar-refractivity contribution in [3.05, 3.63) is 34.1 Å². The lowest BCUT2D eigenvalue weighted by Crippen LogP contribution is -2.26. The van der Waals surface area contributed by atoms with Crippen molar-refractivity contribution in [3.63, 3.8) is 0 Å². The van der Waals surface area contributed by atoms with Crippen LogP contribution in [0.15, 0.2) is 22.0 Å². The number of nitrogens with zero attached hydrogens (tertiary/aromatic N) is 2. The van der Waals surface area contributed by atoms with Gasteiger partial charge in [-0.1, -0.05) is 25.1 Å². The van der Waals surface area contributed by atoms with E-state index in [-0.39, 0.29) is 17.9 Å². The zero-order valence-electron chi connectivity index (χ0n) is 11.9. The van der Waals surface area contributed by atoms with Gasteiger partial charge in [0.05, 0.1) is 6.04 Å². The van der Waals surface area contributed by atoms with Gasteiger partial charge in [-0.3, -0.25) is 4.79 Å². The van der Waals surface area contributed by atoms with Crippen molar-refractivity contribution in [2.45, 2.75) is 45.6 Å². The second-order valence-electron chi connectivity index (χ2n) is 5.01. The van der Waals surface area contributed by atoms with E-state index in [9.17, 15) is 4.79 Å². The molecule has 2 aromatic heterocycles. The van der Waals surface area contributed by atoms with Crippen LogP contribution in [0.3, 0.4) is 0 Å². The predicted molar refractivity (Wildman–Crippen MR) is 77.6 cm³/mol. The minimum absolute atomic E-state index is 0.00445. The topological polar surface area (TPSA) is 68.0 Å². The number of hydrogen-bond donors (Lipinski definition) is 1. The van der Waals surface area contributed by atoms with Crippen LogP contribution in [0.1, 0.15) is 55.7 Å². The van der Waals surface area contributed by atoms with Crippen molar-refractivity contribution in [1.82, 2.24) is 15.5 Å². The molecule has 0 saturated carbocycles. The smallest absolute Gasteiger partial charge is 0.227 e. The molecule has 108 valence electrons. The molecule has 2 rings (SSSR count). The van der Waals surface area contributed by atoms with Gasteiger partial charge in [0.1, 0.15) is 0 Å². The average Bonchev–Trinajstić information content (AvgIpc) is 3.07. The molecule has 0 saturated heterocycles. The monoisotopic (exact) mass is 293 g/mol. The molecule has 0 aliphatic carbocycles. The maximum absolute atomic E-state index is 11.9. The molecule has 0 aliphatic rings. The first kappa shape index (κ1) is 14.7. The Kier molecular flexibility index (Phi) is 4.89. The largest absolute Gasteiger partial charge is 0.349 e. The highest BCUT2D eigenvalue weighted by Crippen LogP contribution is 2.18. The Bertz CT molecular complexity index is 549. The lowest BCUT2D eigenvalue weighted by Gasteiger charge is -2.11. The van der Waals surface area contributed by atoms with Gasteiger partial charge in [0.2, 0.25) is 11.8 Å². The summed E-state index contributed by atoms with van der Waals surface area (Å²) in [6, 6.07) is 4.04. The molecule has 1 N–H and O–H groups in total. The van der Waals surface area contributed by atoms with Crippen LogP contribution in [0, 0.1) is 0 Å². The van der Waals surface area contributed by atoms with Crippen LogP contribution in [0.2, 0.25) is 0 Å². The van der Waals surface area contributed by atoms with E-state index in [2.05, 4.69) is 15.5 Å². The minimum Gasteiger partial charge on any atom is -0.349 e. The molecule has 0 unspecified atom stereocenters. The fourth-order valence-electron chi connectivity index (χ4n) is 1.75. The van der Waals surface area contributed by atoms with Crippen LogP contribution in [0.5, 0.6) is 0 Å². The Labute approximate surface area is 122 Å². The van der Waals surface area contributed by atoms with E-state index in [4.69, 9.17) is 4.52 Å². The number of carbonyl (C=O) groups is 1. The molecule has 5 nitrogen and oxygen atoms in total. The van der Waals surface area contributed by atoms with Crippen molar-refractivity contribution in [2.75, 3.05) is 0 Å². The number of thiophene rings is 1. The van der Waals surface area contributed by atoms with Crippen LogP contribution in [-0.2, 0) is 11.2 Å². The maximum Gasteiger partial charge on any atom is 0.227 e. The van der Waals surface area contributed by atoms with Crippen LogP contribution in [0.4, 0.5) is 0 Å². The second-order valence-corrected chi connectivity index (χ2v) is 5.98. The zero-order valence-corrected chi connectivity index (χ0v) is 12.7. The van der Waals surface area contributed by atoms with E-state index in [0.717, 1.165) is 4.88 Å². The Morgan fingerprint density at radius 3 is 2.85 bits per heavy atom. The molecular weight excluding hydrogens is 274 g/mol. The summed E-state index contributed by atoms with van der Waals surface area (Å²) >= 11 is 1.64. The van der Waals surface area contributed by atoms with Gasteiger partial charge >= 0.3 is 0 Å². The second kappa shape index (κ2) is 6.65. The van der Waals surface area contributed by atoms with Gasteiger partial charge in [-0.15, -0.1) is 11.3 Å². The summed E-state index contributed by atoms with van der Waals surface area (Å²) in [5, 5.41) is 8.85. The van der Waals surface area contributed by atoms with E-state index >= 15 is 0 Å². The fourth-order valence-corrected chi connectivity index (χ4v) is 2.48. The van der Waals surface area contributed by atoms with Gasteiger partial charge in [-0.25, -0.2) is 0 Å². The standard InChI is InChI=1S/C14H19N3O2S/c1-9(2)14-16-13(19-17-14)7-6-12(18)15-10(3)11-5-4-8-20-11/h4-5,8-10H,6-7H2,1-3H3,(H,15,18)/t10-/m1/s1. The highest BCUT2D eigenvalue weighted by Gasteiger charge is 2.13. The summed E-state index contributed by atoms with van der Waals surface area (Å²) in [7, 11) is 0. The van der Waals surface area contributed by atoms with Gasteiger partial charge in [0.15, 0.2) is 5.82 Å². The first-order valence-corrected chi connectivity index (χ1v) is 7.59. The molecule has 0 fully saturated rings. The number of rotatable bonds is 6.